The molecule has 0 spiro atoms. The minimum absolute atomic E-state index is 0.0136. The van der Waals surface area contributed by atoms with Crippen LogP contribution in [0.15, 0.2) is 35.7 Å². The highest BCUT2D eigenvalue weighted by Crippen LogP contribution is 2.77. The number of rotatable bonds is 12. The van der Waals surface area contributed by atoms with Crippen molar-refractivity contribution in [2.24, 2.45) is 56.2 Å². The van der Waals surface area contributed by atoms with Gasteiger partial charge in [0.15, 0.2) is 5.78 Å². The number of allylic oxidation sites excluding steroid dienone is 1. The summed E-state index contributed by atoms with van der Waals surface area (Å²) in [5.74, 6) is -0.420. The Hall–Kier alpha value is -3.11. The van der Waals surface area contributed by atoms with Crippen molar-refractivity contribution in [1.82, 2.24) is 15.2 Å². The zero-order chi connectivity index (χ0) is 41.2. The minimum atomic E-state index is -1.18. The Morgan fingerprint density at radius 3 is 2.27 bits per heavy atom. The number of ketones is 1. The molecule has 1 heterocycles. The molecule has 10 heteroatoms. The molecule has 5 aliphatic carbocycles. The van der Waals surface area contributed by atoms with Crippen molar-refractivity contribution in [2.45, 2.75) is 145 Å². The van der Waals surface area contributed by atoms with E-state index in [2.05, 4.69) is 58.8 Å². The van der Waals surface area contributed by atoms with Crippen LogP contribution in [0.25, 0.3) is 0 Å². The van der Waals surface area contributed by atoms with Gasteiger partial charge in [-0.05, 0) is 135 Å². The summed E-state index contributed by atoms with van der Waals surface area (Å²) >= 11 is 0. The van der Waals surface area contributed by atoms with E-state index in [1.165, 1.54) is 5.57 Å². The van der Waals surface area contributed by atoms with Crippen LogP contribution in [0.3, 0.4) is 0 Å². The van der Waals surface area contributed by atoms with Gasteiger partial charge in [-0.2, -0.15) is 0 Å². The number of aliphatic hydroxyl groups is 1. The van der Waals surface area contributed by atoms with Gasteiger partial charge >= 0.3 is 11.9 Å². The highest BCUT2D eigenvalue weighted by Gasteiger charge is 2.71. The van der Waals surface area contributed by atoms with Crippen LogP contribution >= 0.6 is 0 Å². The van der Waals surface area contributed by atoms with Gasteiger partial charge in [-0.1, -0.05) is 54.0 Å². The summed E-state index contributed by atoms with van der Waals surface area (Å²) in [7, 11) is 1.75. The van der Waals surface area contributed by atoms with E-state index >= 15 is 0 Å². The third-order valence-electron chi connectivity index (χ3n) is 16.7. The molecule has 0 aromatic carbocycles. The number of carbonyl (C=O) groups excluding carboxylic acids is 3. The summed E-state index contributed by atoms with van der Waals surface area (Å²) in [5, 5.41) is 25.2. The van der Waals surface area contributed by atoms with Crippen LogP contribution < -0.4 is 5.32 Å². The monoisotopic (exact) mass is 776 g/mol. The number of Topliss-reactive ketones (excluding diaryl/α,β-unsaturated/α-hetero) is 1. The number of aliphatic hydroxyl groups excluding tert-OH is 1. The number of hydrogen-bond donors (Lipinski definition) is 3. The van der Waals surface area contributed by atoms with E-state index in [4.69, 9.17) is 4.74 Å². The van der Waals surface area contributed by atoms with Gasteiger partial charge in [-0.15, -0.1) is 0 Å². The van der Waals surface area contributed by atoms with E-state index < -0.39 is 28.9 Å². The number of carboxylic acids is 1. The average Bonchev–Trinajstić information content (AvgIpc) is 3.43. The first-order valence-electron chi connectivity index (χ1n) is 21.3. The van der Waals surface area contributed by atoms with Gasteiger partial charge in [0.2, 0.25) is 5.91 Å². The quantitative estimate of drug-likeness (QED) is 0.185. The lowest BCUT2D eigenvalue weighted by Crippen LogP contribution is -2.66. The van der Waals surface area contributed by atoms with Crippen LogP contribution in [-0.4, -0.2) is 76.1 Å². The number of esters is 1. The largest absolute Gasteiger partial charge is 0.481 e. The molecule has 10 nitrogen and oxygen atoms in total. The van der Waals surface area contributed by atoms with Crippen LogP contribution in [-0.2, 0) is 30.5 Å². The van der Waals surface area contributed by atoms with Crippen LogP contribution in [0.1, 0.15) is 132 Å². The maximum absolute atomic E-state index is 14.2. The normalized spacial score (nSPS) is 35.5. The maximum atomic E-state index is 14.2. The molecule has 0 aliphatic heterocycles. The van der Waals surface area contributed by atoms with Gasteiger partial charge in [-0.25, -0.2) is 0 Å². The van der Waals surface area contributed by atoms with E-state index in [9.17, 15) is 29.4 Å². The van der Waals surface area contributed by atoms with E-state index in [0.717, 1.165) is 56.1 Å². The lowest BCUT2D eigenvalue weighted by atomic mass is 9.33. The Bertz CT molecular complexity index is 1740. The summed E-state index contributed by atoms with van der Waals surface area (Å²) in [6.07, 6.45) is 9.75. The molecular formula is C46H69N3O7. The number of carbonyl (C=O) groups is 4. The predicted octanol–water partition coefficient (Wildman–Crippen LogP) is 7.38. The second-order valence-electron chi connectivity index (χ2n) is 20.7. The molecule has 4 fully saturated rings. The van der Waals surface area contributed by atoms with Crippen LogP contribution in [0.4, 0.5) is 0 Å². The molecule has 9 atom stereocenters. The Morgan fingerprint density at radius 1 is 0.964 bits per heavy atom. The summed E-state index contributed by atoms with van der Waals surface area (Å²) in [5.41, 5.74) is 0.788. The number of carboxylic acid groups (broad SMARTS) is 1. The Kier molecular flexibility index (Phi) is 11.3. The van der Waals surface area contributed by atoms with Crippen molar-refractivity contribution in [3.63, 3.8) is 0 Å². The number of nitrogens with zero attached hydrogens (tertiary/aromatic N) is 2. The molecule has 1 aromatic heterocycles. The summed E-state index contributed by atoms with van der Waals surface area (Å²) in [4.78, 5) is 58.6. The van der Waals surface area contributed by atoms with Gasteiger partial charge in [0.1, 0.15) is 6.10 Å². The lowest BCUT2D eigenvalue weighted by Gasteiger charge is -2.72. The minimum Gasteiger partial charge on any atom is -0.481 e. The van der Waals surface area contributed by atoms with Crippen LogP contribution in [0.5, 0.6) is 0 Å². The van der Waals surface area contributed by atoms with E-state index in [0.29, 0.717) is 31.2 Å². The van der Waals surface area contributed by atoms with Gasteiger partial charge in [0.25, 0.3) is 0 Å². The molecule has 0 radical (unpaired) electrons. The molecule has 0 bridgehead atoms. The molecule has 0 saturated heterocycles. The number of aliphatic carboxylic acids is 1. The smallest absolute Gasteiger partial charge is 0.309 e. The number of ether oxygens (including phenoxy) is 1. The molecule has 310 valence electrons. The molecule has 6 rings (SSSR count). The first-order chi connectivity index (χ1) is 26.1. The van der Waals surface area contributed by atoms with Gasteiger partial charge in [0, 0.05) is 42.7 Å². The summed E-state index contributed by atoms with van der Waals surface area (Å²) < 4.78 is 6.17. The van der Waals surface area contributed by atoms with Crippen molar-refractivity contribution < 1.29 is 34.1 Å². The highest BCUT2D eigenvalue weighted by molar-refractivity contribution is 6.00. The first kappa shape index (κ1) is 42.5. The fourth-order valence-electron chi connectivity index (χ4n) is 13.5. The highest BCUT2D eigenvalue weighted by atomic mass is 16.5. The Balaban J connectivity index is 1.30. The first-order valence-corrected chi connectivity index (χ1v) is 21.3. The van der Waals surface area contributed by atoms with Crippen LogP contribution in [0.2, 0.25) is 0 Å². The number of aromatic nitrogens is 1. The number of hydrogen-bond acceptors (Lipinski definition) is 8. The van der Waals surface area contributed by atoms with E-state index in [1.807, 2.05) is 12.1 Å². The van der Waals surface area contributed by atoms with Crippen molar-refractivity contribution >= 4 is 23.6 Å². The Morgan fingerprint density at radius 2 is 1.64 bits per heavy atom. The Labute approximate surface area is 335 Å². The number of pyridine rings is 1. The zero-order valence-corrected chi connectivity index (χ0v) is 35.8. The predicted molar refractivity (Wildman–Crippen MR) is 215 cm³/mol. The third-order valence-corrected chi connectivity index (χ3v) is 16.7. The van der Waals surface area contributed by atoms with Crippen molar-refractivity contribution in [1.29, 1.82) is 0 Å². The van der Waals surface area contributed by atoms with Gasteiger partial charge in [-0.3, -0.25) is 24.2 Å². The summed E-state index contributed by atoms with van der Waals surface area (Å²) in [6, 6.07) is 3.80. The molecule has 56 heavy (non-hydrogen) atoms. The number of fused-ring (bicyclic) bond motifs is 7. The molecule has 3 N–H and O–H groups in total. The molecule has 5 aliphatic rings. The lowest BCUT2D eigenvalue weighted by molar-refractivity contribution is -0.235. The topological polar surface area (TPSA) is 146 Å². The fourth-order valence-corrected chi connectivity index (χ4v) is 13.5. The SMILES string of the molecule is CNCC(=O)N(Cc1ccncc1)CC(O)C12CCC3(C)C(CCC4C5(C)CCC(OC(=O)CC(C)(C)C(=O)O)C(C)(C)C5CCC43C)C1=C(C(C)C)C(=O)C2. The third kappa shape index (κ3) is 6.76. The second-order valence-corrected chi connectivity index (χ2v) is 20.7. The van der Waals surface area contributed by atoms with Crippen molar-refractivity contribution in [2.75, 3.05) is 20.1 Å². The molecular weight excluding hydrogens is 707 g/mol. The summed E-state index contributed by atoms with van der Waals surface area (Å²) in [6.45, 7) is 20.1. The second kappa shape index (κ2) is 14.9. The van der Waals surface area contributed by atoms with E-state index in [-0.39, 0.29) is 70.8 Å². The van der Waals surface area contributed by atoms with Crippen LogP contribution in [0, 0.1) is 56.2 Å². The molecule has 1 amide bonds. The average molecular weight is 776 g/mol. The molecule has 4 saturated carbocycles. The maximum Gasteiger partial charge on any atom is 0.309 e. The van der Waals surface area contributed by atoms with Gasteiger partial charge in [0.05, 0.1) is 24.5 Å². The number of nitrogens with one attached hydrogen (secondary N) is 1. The van der Waals surface area contributed by atoms with Crippen molar-refractivity contribution in [3.05, 3.63) is 41.2 Å². The van der Waals surface area contributed by atoms with E-state index in [1.54, 1.807) is 38.2 Å². The fraction of sp³-hybridized carbons (Fsp3) is 0.761. The molecule has 9 unspecified atom stereocenters. The molecule has 1 aromatic rings. The number of likely N-dealkylation sites (N-methyl/N-ethyl adjacent to an activating group) is 1. The standard InChI is InChI=1S/C46H69N3O7/c1-28(2)38-31(50)23-46(34(51)27-49(36(52)25-47-10)26-29-15-21-48-22-16-29)20-19-44(8)30(39(38)46)11-12-33-43(7)17-14-35(56-37(53)24-41(3,4)40(54)55)42(5,6)32(43)13-18-45(33,44)9/h15-16,21-22,28,30,32-35,47,51H,11-14,17-20,23-27H2,1-10H3,(H,54,55). The van der Waals surface area contributed by atoms with Crippen molar-refractivity contribution in [3.8, 4) is 0 Å². The zero-order valence-electron chi connectivity index (χ0n) is 35.8. The number of amides is 1. The van der Waals surface area contributed by atoms with Gasteiger partial charge < -0.3 is 25.2 Å².